The Morgan fingerprint density at radius 1 is 1.53 bits per heavy atom. The molecule has 0 aromatic carbocycles. The molecule has 0 saturated carbocycles. The Bertz CT molecular complexity index is 340. The van der Waals surface area contributed by atoms with Crippen molar-refractivity contribution in [3.8, 4) is 0 Å². The van der Waals surface area contributed by atoms with Crippen molar-refractivity contribution in [3.63, 3.8) is 0 Å². The molecule has 2 N–H and O–H groups in total. The van der Waals surface area contributed by atoms with Gasteiger partial charge in [-0.15, -0.1) is 0 Å². The van der Waals surface area contributed by atoms with Crippen LogP contribution in [0.5, 0.6) is 0 Å². The summed E-state index contributed by atoms with van der Waals surface area (Å²) < 4.78 is 7.20. The molecule has 6 heteroatoms. The largest absolute Gasteiger partial charge is 0.382 e. The first kappa shape index (κ1) is 13.9. The van der Waals surface area contributed by atoms with E-state index in [1.165, 1.54) is 0 Å². The Morgan fingerprint density at radius 2 is 2.35 bits per heavy atom. The van der Waals surface area contributed by atoms with Crippen LogP contribution in [0.15, 0.2) is 12.4 Å². The van der Waals surface area contributed by atoms with Crippen LogP contribution in [-0.2, 0) is 18.3 Å². The smallest absolute Gasteiger partial charge is 0.166 e. The molecule has 17 heavy (non-hydrogen) atoms. The lowest BCUT2D eigenvalue weighted by Crippen LogP contribution is -2.36. The molecule has 1 aromatic heterocycles. The summed E-state index contributed by atoms with van der Waals surface area (Å²) in [4.78, 5) is 4.20. The third-order valence-corrected chi connectivity index (χ3v) is 2.57. The average molecular weight is 256 g/mol. The van der Waals surface area contributed by atoms with Crippen LogP contribution in [-0.4, -0.2) is 34.4 Å². The van der Waals surface area contributed by atoms with Gasteiger partial charge in [0.25, 0.3) is 0 Å². The van der Waals surface area contributed by atoms with Gasteiger partial charge in [0, 0.05) is 39.2 Å². The van der Waals surface area contributed by atoms with E-state index in [2.05, 4.69) is 15.6 Å². The highest BCUT2D eigenvalue weighted by molar-refractivity contribution is 7.80. The van der Waals surface area contributed by atoms with E-state index in [1.807, 2.05) is 24.7 Å². The minimum absolute atomic E-state index is 0.640. The van der Waals surface area contributed by atoms with Gasteiger partial charge in [-0.25, -0.2) is 4.98 Å². The molecular formula is C11H20N4OS. The summed E-state index contributed by atoms with van der Waals surface area (Å²) >= 11 is 5.15. The summed E-state index contributed by atoms with van der Waals surface area (Å²) in [6, 6.07) is 0. The fourth-order valence-electron chi connectivity index (χ4n) is 1.31. The van der Waals surface area contributed by atoms with Gasteiger partial charge in [0.15, 0.2) is 5.11 Å². The van der Waals surface area contributed by atoms with Gasteiger partial charge in [0.05, 0.1) is 6.54 Å². The summed E-state index contributed by atoms with van der Waals surface area (Å²) in [6.45, 7) is 4.99. The number of nitrogens with zero attached hydrogens (tertiary/aromatic N) is 2. The lowest BCUT2D eigenvalue weighted by Gasteiger charge is -2.10. The van der Waals surface area contributed by atoms with Crippen LogP contribution in [0, 0.1) is 0 Å². The number of ether oxygens (including phenoxy) is 1. The Kier molecular flexibility index (Phi) is 6.57. The summed E-state index contributed by atoms with van der Waals surface area (Å²) in [5.41, 5.74) is 0. The van der Waals surface area contributed by atoms with Crippen LogP contribution < -0.4 is 10.6 Å². The quantitative estimate of drug-likeness (QED) is 0.558. The molecule has 0 saturated heterocycles. The van der Waals surface area contributed by atoms with Crippen molar-refractivity contribution in [2.24, 2.45) is 7.05 Å². The number of hydrogen-bond acceptors (Lipinski definition) is 3. The summed E-state index contributed by atoms with van der Waals surface area (Å²) in [5, 5.41) is 6.90. The van der Waals surface area contributed by atoms with Crippen molar-refractivity contribution in [1.29, 1.82) is 0 Å². The van der Waals surface area contributed by atoms with E-state index in [-0.39, 0.29) is 0 Å². The SMILES string of the molecule is CCOCCCNC(=S)NCc1nccn1C. The lowest BCUT2D eigenvalue weighted by atomic mass is 10.4. The van der Waals surface area contributed by atoms with Gasteiger partial charge >= 0.3 is 0 Å². The van der Waals surface area contributed by atoms with Crippen molar-refractivity contribution >= 4 is 17.3 Å². The first-order chi connectivity index (χ1) is 8.24. The lowest BCUT2D eigenvalue weighted by molar-refractivity contribution is 0.145. The van der Waals surface area contributed by atoms with E-state index in [1.54, 1.807) is 6.20 Å². The van der Waals surface area contributed by atoms with Gasteiger partial charge in [0.2, 0.25) is 0 Å². The second-order valence-corrected chi connectivity index (χ2v) is 4.02. The zero-order valence-electron chi connectivity index (χ0n) is 10.4. The van der Waals surface area contributed by atoms with Crippen LogP contribution in [0.1, 0.15) is 19.2 Å². The van der Waals surface area contributed by atoms with Crippen molar-refractivity contribution in [3.05, 3.63) is 18.2 Å². The number of rotatable bonds is 7. The Hall–Kier alpha value is -1.14. The van der Waals surface area contributed by atoms with E-state index < -0.39 is 0 Å². The molecule has 0 amide bonds. The highest BCUT2D eigenvalue weighted by atomic mass is 32.1. The summed E-state index contributed by atoms with van der Waals surface area (Å²) in [5.74, 6) is 0.962. The van der Waals surface area contributed by atoms with E-state index in [9.17, 15) is 0 Å². The van der Waals surface area contributed by atoms with Crippen molar-refractivity contribution in [1.82, 2.24) is 20.2 Å². The topological polar surface area (TPSA) is 51.1 Å². The molecule has 0 bridgehead atoms. The van der Waals surface area contributed by atoms with Crippen LogP contribution in [0.2, 0.25) is 0 Å². The zero-order chi connectivity index (χ0) is 12.5. The van der Waals surface area contributed by atoms with E-state index in [0.717, 1.165) is 32.0 Å². The van der Waals surface area contributed by atoms with Crippen molar-refractivity contribution in [2.75, 3.05) is 19.8 Å². The van der Waals surface area contributed by atoms with E-state index >= 15 is 0 Å². The molecule has 0 radical (unpaired) electrons. The molecule has 0 fully saturated rings. The predicted molar refractivity (Wildman–Crippen MR) is 71.8 cm³/mol. The van der Waals surface area contributed by atoms with E-state index in [4.69, 9.17) is 17.0 Å². The summed E-state index contributed by atoms with van der Waals surface area (Å²) in [7, 11) is 1.96. The number of aromatic nitrogens is 2. The third-order valence-electron chi connectivity index (χ3n) is 2.28. The maximum Gasteiger partial charge on any atom is 0.166 e. The second-order valence-electron chi connectivity index (χ2n) is 3.61. The molecule has 1 rings (SSSR count). The minimum Gasteiger partial charge on any atom is -0.382 e. The number of imidazole rings is 1. The predicted octanol–water partition coefficient (Wildman–Crippen LogP) is 0.811. The fraction of sp³-hybridized carbons (Fsp3) is 0.636. The van der Waals surface area contributed by atoms with Gasteiger partial charge in [-0.2, -0.15) is 0 Å². The third kappa shape index (κ3) is 5.65. The molecule has 1 aromatic rings. The molecule has 0 unspecified atom stereocenters. The van der Waals surface area contributed by atoms with Crippen LogP contribution in [0.4, 0.5) is 0 Å². The molecular weight excluding hydrogens is 236 g/mol. The number of nitrogens with one attached hydrogen (secondary N) is 2. The molecule has 0 spiro atoms. The molecule has 0 aliphatic rings. The van der Waals surface area contributed by atoms with Gasteiger partial charge in [-0.3, -0.25) is 0 Å². The van der Waals surface area contributed by atoms with Crippen molar-refractivity contribution < 1.29 is 4.74 Å². The normalized spacial score (nSPS) is 10.2. The fourth-order valence-corrected chi connectivity index (χ4v) is 1.48. The van der Waals surface area contributed by atoms with E-state index in [0.29, 0.717) is 11.7 Å². The van der Waals surface area contributed by atoms with Crippen LogP contribution in [0.25, 0.3) is 0 Å². The Balaban J connectivity index is 2.07. The number of thiocarbonyl (C=S) groups is 1. The molecule has 5 nitrogen and oxygen atoms in total. The highest BCUT2D eigenvalue weighted by Gasteiger charge is 1.99. The molecule has 96 valence electrons. The maximum atomic E-state index is 5.23. The molecule has 0 aliphatic carbocycles. The Labute approximate surface area is 108 Å². The maximum absolute atomic E-state index is 5.23. The van der Waals surface area contributed by atoms with Crippen molar-refractivity contribution in [2.45, 2.75) is 19.9 Å². The van der Waals surface area contributed by atoms with Gasteiger partial charge in [-0.05, 0) is 25.6 Å². The van der Waals surface area contributed by atoms with Gasteiger partial charge in [0.1, 0.15) is 5.82 Å². The highest BCUT2D eigenvalue weighted by Crippen LogP contribution is 1.92. The molecule has 0 atom stereocenters. The number of hydrogen-bond donors (Lipinski definition) is 2. The summed E-state index contributed by atoms with van der Waals surface area (Å²) in [6.07, 6.45) is 4.64. The standard InChI is InChI=1S/C11H20N4OS/c1-3-16-8-4-5-13-11(17)14-9-10-12-6-7-15(10)2/h6-7H,3-5,8-9H2,1-2H3,(H2,13,14,17). The molecule has 0 aliphatic heterocycles. The van der Waals surface area contributed by atoms with Gasteiger partial charge < -0.3 is 19.9 Å². The zero-order valence-corrected chi connectivity index (χ0v) is 11.2. The first-order valence-electron chi connectivity index (χ1n) is 5.79. The van der Waals surface area contributed by atoms with Crippen LogP contribution in [0.3, 0.4) is 0 Å². The number of aryl methyl sites for hydroxylation is 1. The first-order valence-corrected chi connectivity index (χ1v) is 6.20. The van der Waals surface area contributed by atoms with Crippen LogP contribution >= 0.6 is 12.2 Å². The monoisotopic (exact) mass is 256 g/mol. The average Bonchev–Trinajstić information content (AvgIpc) is 2.72. The van der Waals surface area contributed by atoms with Gasteiger partial charge in [-0.1, -0.05) is 0 Å². The minimum atomic E-state index is 0.640. The molecule has 1 heterocycles. The Morgan fingerprint density at radius 3 is 3.00 bits per heavy atom. The second kappa shape index (κ2) is 8.03.